The van der Waals surface area contributed by atoms with Gasteiger partial charge in [0.25, 0.3) is 5.91 Å². The van der Waals surface area contributed by atoms with Crippen molar-refractivity contribution in [2.24, 2.45) is 29.4 Å². The number of allylic oxidation sites excluding steroid dienone is 2. The van der Waals surface area contributed by atoms with E-state index in [1.165, 1.54) is 17.3 Å². The number of carbonyl (C=O) groups excluding carboxylic acids is 4. The molecule has 0 unspecified atom stereocenters. The molecule has 2 bridgehead atoms. The van der Waals surface area contributed by atoms with Crippen LogP contribution in [-0.2, 0) is 19.1 Å². The second kappa shape index (κ2) is 8.79. The van der Waals surface area contributed by atoms with Gasteiger partial charge in [-0.1, -0.05) is 12.2 Å². The number of likely N-dealkylation sites (tertiary alicyclic amines) is 1. The molecule has 36 heavy (non-hydrogen) atoms. The molecule has 192 valence electrons. The lowest BCUT2D eigenvalue weighted by Crippen LogP contribution is -2.56. The van der Waals surface area contributed by atoms with Crippen molar-refractivity contribution < 1.29 is 28.7 Å². The molecular formula is C25H31N5O6. The summed E-state index contributed by atoms with van der Waals surface area (Å²) in [5, 5.41) is 5.40. The van der Waals surface area contributed by atoms with Crippen molar-refractivity contribution in [1.29, 1.82) is 0 Å². The van der Waals surface area contributed by atoms with Crippen LogP contribution in [0.15, 0.2) is 30.6 Å². The predicted molar refractivity (Wildman–Crippen MR) is 127 cm³/mol. The molecule has 4 amide bonds. The first kappa shape index (κ1) is 24.1. The maximum Gasteiger partial charge on any atom is 0.410 e. The number of nitrogens with zero attached hydrogens (tertiary/aromatic N) is 2. The van der Waals surface area contributed by atoms with Crippen LogP contribution in [0.25, 0.3) is 0 Å². The van der Waals surface area contributed by atoms with Crippen LogP contribution in [0.5, 0.6) is 5.75 Å². The number of fused-ring (bicyclic) bond motifs is 6. The highest BCUT2D eigenvalue weighted by molar-refractivity contribution is 5.98. The summed E-state index contributed by atoms with van der Waals surface area (Å²) < 4.78 is 11.3. The van der Waals surface area contributed by atoms with E-state index in [4.69, 9.17) is 15.2 Å². The van der Waals surface area contributed by atoms with Gasteiger partial charge in [-0.15, -0.1) is 0 Å². The van der Waals surface area contributed by atoms with Gasteiger partial charge in [0.2, 0.25) is 11.8 Å². The number of aromatic nitrogens is 1. The zero-order chi connectivity index (χ0) is 25.8. The lowest BCUT2D eigenvalue weighted by molar-refractivity contribution is -0.133. The molecule has 1 aromatic rings. The lowest BCUT2D eigenvalue weighted by atomic mass is 9.81. The minimum Gasteiger partial charge on any atom is -0.478 e. The highest BCUT2D eigenvalue weighted by Gasteiger charge is 2.58. The van der Waals surface area contributed by atoms with E-state index < -0.39 is 47.6 Å². The van der Waals surface area contributed by atoms with Gasteiger partial charge in [0.05, 0.1) is 6.20 Å². The molecule has 2 aliphatic heterocycles. The Labute approximate surface area is 208 Å². The number of hydrogen-bond donors (Lipinski definition) is 3. The molecular weight excluding hydrogens is 466 g/mol. The number of primary amides is 1. The topological polar surface area (TPSA) is 153 Å². The van der Waals surface area contributed by atoms with Crippen LogP contribution in [0.4, 0.5) is 10.5 Å². The van der Waals surface area contributed by atoms with Crippen molar-refractivity contribution in [3.63, 3.8) is 0 Å². The van der Waals surface area contributed by atoms with E-state index in [1.54, 1.807) is 26.8 Å². The maximum absolute atomic E-state index is 13.6. The Morgan fingerprint density at radius 2 is 2.06 bits per heavy atom. The minimum atomic E-state index is -1.18. The van der Waals surface area contributed by atoms with Crippen molar-refractivity contribution >= 4 is 29.5 Å². The van der Waals surface area contributed by atoms with Gasteiger partial charge in [-0.25, -0.2) is 4.79 Å². The molecule has 3 heterocycles. The third-order valence-electron chi connectivity index (χ3n) is 7.40. The fourth-order valence-electron chi connectivity index (χ4n) is 5.93. The zero-order valence-electron chi connectivity index (χ0n) is 20.5. The van der Waals surface area contributed by atoms with Gasteiger partial charge >= 0.3 is 6.09 Å². The number of pyridine rings is 1. The lowest BCUT2D eigenvalue weighted by Gasteiger charge is -2.32. The summed E-state index contributed by atoms with van der Waals surface area (Å²) in [4.78, 5) is 57.0. The maximum atomic E-state index is 13.6. The number of carbonyl (C=O) groups is 4. The first-order chi connectivity index (χ1) is 17.0. The van der Waals surface area contributed by atoms with E-state index in [9.17, 15) is 19.2 Å². The van der Waals surface area contributed by atoms with E-state index in [0.717, 1.165) is 6.42 Å². The van der Waals surface area contributed by atoms with Crippen molar-refractivity contribution in [2.45, 2.75) is 57.4 Å². The number of rotatable bonds is 5. The van der Waals surface area contributed by atoms with Crippen LogP contribution in [0.3, 0.4) is 0 Å². The summed E-state index contributed by atoms with van der Waals surface area (Å²) in [6.45, 7) is 5.72. The standard InChI is InChI=1S/C25H31N5O6/c1-25(2,3)36-24(34)30-11-14-12-4-5-13(8-12)19(14)20(30)23(33)28-15(21(26)31)9-18-22(32)29-16-10-27-7-6-17(16)35-18/h4-7,10,12-15,18-20H,8-9,11H2,1-3H3,(H2,26,31)(H,28,33)(H,29,32)/t12-,13+,14-,15+,18+,19+,20+/m1/s1. The number of nitrogens with one attached hydrogen (secondary N) is 2. The quantitative estimate of drug-likeness (QED) is 0.517. The Morgan fingerprint density at radius 1 is 1.31 bits per heavy atom. The number of nitrogens with two attached hydrogens (primary N) is 1. The van der Waals surface area contributed by atoms with E-state index >= 15 is 0 Å². The van der Waals surface area contributed by atoms with Gasteiger partial charge in [-0.3, -0.25) is 24.3 Å². The molecule has 5 rings (SSSR count). The van der Waals surface area contributed by atoms with Crippen molar-refractivity contribution in [3.8, 4) is 5.75 Å². The van der Waals surface area contributed by atoms with Gasteiger partial charge in [-0.05, 0) is 50.9 Å². The van der Waals surface area contributed by atoms with E-state index in [1.807, 2.05) is 0 Å². The highest BCUT2D eigenvalue weighted by atomic mass is 16.6. The molecule has 1 aromatic heterocycles. The number of ether oxygens (including phenoxy) is 2. The molecule has 11 nitrogen and oxygen atoms in total. The van der Waals surface area contributed by atoms with E-state index in [2.05, 4.69) is 27.8 Å². The van der Waals surface area contributed by atoms with Crippen LogP contribution in [0.2, 0.25) is 0 Å². The molecule has 0 aromatic carbocycles. The SMILES string of the molecule is CC(C)(C)OC(=O)N1C[C@H]2[C@@H]([C@H]1C(=O)N[C@@H](C[C@@H]1Oc3ccncc3NC1=O)C(N)=O)[C@H]1C=C[C@@H]2C1. The minimum absolute atomic E-state index is 0.0744. The van der Waals surface area contributed by atoms with Gasteiger partial charge in [0.1, 0.15) is 29.1 Å². The van der Waals surface area contributed by atoms with Gasteiger partial charge in [0, 0.05) is 25.2 Å². The van der Waals surface area contributed by atoms with Crippen LogP contribution in [0, 0.1) is 23.7 Å². The first-order valence-electron chi connectivity index (χ1n) is 12.2. The van der Waals surface area contributed by atoms with Gasteiger partial charge < -0.3 is 25.8 Å². The third-order valence-corrected chi connectivity index (χ3v) is 7.40. The van der Waals surface area contributed by atoms with Crippen LogP contribution in [0.1, 0.15) is 33.6 Å². The Morgan fingerprint density at radius 3 is 2.78 bits per heavy atom. The molecule has 7 atom stereocenters. The fourth-order valence-corrected chi connectivity index (χ4v) is 5.93. The van der Waals surface area contributed by atoms with Crippen molar-refractivity contribution in [3.05, 3.63) is 30.6 Å². The fraction of sp³-hybridized carbons (Fsp3) is 0.560. The summed E-state index contributed by atoms with van der Waals surface area (Å²) in [5.41, 5.74) is 5.32. The molecule has 4 aliphatic rings. The monoisotopic (exact) mass is 497 g/mol. The molecule has 1 saturated carbocycles. The summed E-state index contributed by atoms with van der Waals surface area (Å²) in [6.07, 6.45) is 6.45. The third kappa shape index (κ3) is 4.38. The summed E-state index contributed by atoms with van der Waals surface area (Å²) in [7, 11) is 0. The molecule has 4 N–H and O–H groups in total. The largest absolute Gasteiger partial charge is 0.478 e. The van der Waals surface area contributed by atoms with E-state index in [0.29, 0.717) is 23.9 Å². The van der Waals surface area contributed by atoms with Crippen LogP contribution in [-0.4, -0.2) is 64.0 Å². The molecule has 0 spiro atoms. The summed E-state index contributed by atoms with van der Waals surface area (Å²) >= 11 is 0. The normalized spacial score (nSPS) is 30.6. The number of amides is 4. The van der Waals surface area contributed by atoms with Crippen LogP contribution < -0.4 is 21.1 Å². The van der Waals surface area contributed by atoms with Crippen molar-refractivity contribution in [2.75, 3.05) is 11.9 Å². The smallest absolute Gasteiger partial charge is 0.410 e. The summed E-state index contributed by atoms with van der Waals surface area (Å²) in [6, 6.07) is -0.385. The van der Waals surface area contributed by atoms with E-state index in [-0.39, 0.29) is 24.2 Å². The predicted octanol–water partition coefficient (Wildman–Crippen LogP) is 1.20. The second-order valence-electron chi connectivity index (χ2n) is 10.9. The summed E-state index contributed by atoms with van der Waals surface area (Å²) in [5.74, 6) is -0.789. The second-order valence-corrected chi connectivity index (χ2v) is 10.9. The molecule has 0 radical (unpaired) electrons. The number of anilines is 1. The van der Waals surface area contributed by atoms with Gasteiger partial charge in [-0.2, -0.15) is 0 Å². The zero-order valence-corrected chi connectivity index (χ0v) is 20.5. The average molecular weight is 498 g/mol. The molecule has 1 saturated heterocycles. The Kier molecular flexibility index (Phi) is 5.88. The average Bonchev–Trinajstić information content (AvgIpc) is 3.50. The Hall–Kier alpha value is -3.63. The number of hydrogen-bond acceptors (Lipinski definition) is 7. The Bertz CT molecular complexity index is 1130. The molecule has 2 fully saturated rings. The first-order valence-corrected chi connectivity index (χ1v) is 12.2. The van der Waals surface area contributed by atoms with Crippen LogP contribution >= 0.6 is 0 Å². The Balaban J connectivity index is 1.34. The van der Waals surface area contributed by atoms with Gasteiger partial charge in [0.15, 0.2) is 6.10 Å². The highest BCUT2D eigenvalue weighted by Crippen LogP contribution is 2.54. The molecule has 2 aliphatic carbocycles. The van der Waals surface area contributed by atoms with Crippen molar-refractivity contribution in [1.82, 2.24) is 15.2 Å². The molecule has 11 heteroatoms.